The van der Waals surface area contributed by atoms with Gasteiger partial charge in [0.25, 0.3) is 0 Å². The number of thiophene rings is 1. The summed E-state index contributed by atoms with van der Waals surface area (Å²) < 4.78 is 0. The van der Waals surface area contributed by atoms with E-state index in [0.29, 0.717) is 6.04 Å². The third kappa shape index (κ3) is 5.95. The molecule has 3 heterocycles. The number of carbonyl (C=O) groups is 1. The van der Waals surface area contributed by atoms with Crippen molar-refractivity contribution >= 4 is 23.2 Å². The fraction of sp³-hybridized carbons (Fsp3) is 0.714. The van der Waals surface area contributed by atoms with Gasteiger partial charge in [-0.05, 0) is 63.1 Å². The van der Waals surface area contributed by atoms with E-state index in [1.54, 1.807) is 11.3 Å². The normalized spacial score (nSPS) is 20.7. The highest BCUT2D eigenvalue weighted by atomic mass is 32.1. The van der Waals surface area contributed by atoms with Crippen LogP contribution < -0.4 is 10.6 Å². The summed E-state index contributed by atoms with van der Waals surface area (Å²) in [5.74, 6) is 0.854. The Morgan fingerprint density at radius 1 is 1.32 bits per heavy atom. The number of carbonyl (C=O) groups excluding carboxylic acids is 1. The lowest BCUT2D eigenvalue weighted by molar-refractivity contribution is -0.130. The number of piperidine rings is 1. The molecule has 2 N–H and O–H groups in total. The van der Waals surface area contributed by atoms with Crippen molar-refractivity contribution in [2.45, 2.75) is 58.5 Å². The highest BCUT2D eigenvalue weighted by Gasteiger charge is 2.21. The molecule has 0 aromatic carbocycles. The lowest BCUT2D eigenvalue weighted by Crippen LogP contribution is -2.42. The molecule has 0 saturated carbocycles. The van der Waals surface area contributed by atoms with Gasteiger partial charge in [-0.25, -0.2) is 4.99 Å². The van der Waals surface area contributed by atoms with Gasteiger partial charge in [0.05, 0.1) is 0 Å². The number of guanidine groups is 1. The maximum Gasteiger partial charge on any atom is 0.244 e. The molecule has 0 spiro atoms. The minimum atomic E-state index is 0.108. The molecule has 28 heavy (non-hydrogen) atoms. The van der Waals surface area contributed by atoms with Crippen molar-refractivity contribution in [2.75, 3.05) is 39.3 Å². The van der Waals surface area contributed by atoms with Crippen molar-refractivity contribution in [3.8, 4) is 0 Å². The average Bonchev–Trinajstić information content (AvgIpc) is 3.18. The number of amides is 1. The quantitative estimate of drug-likeness (QED) is 0.416. The first kappa shape index (κ1) is 21.1. The molecule has 1 amide bonds. The Kier molecular flexibility index (Phi) is 8.15. The third-order valence-electron chi connectivity index (χ3n) is 5.73. The highest BCUT2D eigenvalue weighted by molar-refractivity contribution is 7.10. The van der Waals surface area contributed by atoms with Gasteiger partial charge in [0.1, 0.15) is 6.54 Å². The van der Waals surface area contributed by atoms with Gasteiger partial charge < -0.3 is 20.4 Å². The standard InChI is InChI=1S/C21H35N5OS/c1-3-22-21(23-10-6-12-25-11-5-4-7-17(25)2)24-15-20(27)26-13-8-19-18(16-26)9-14-28-19/h9,14,17H,3-8,10-13,15-16H2,1-2H3,(H2,22,23,24). The fourth-order valence-corrected chi connectivity index (χ4v) is 4.92. The van der Waals surface area contributed by atoms with Crippen molar-refractivity contribution in [1.82, 2.24) is 20.4 Å². The van der Waals surface area contributed by atoms with E-state index in [0.717, 1.165) is 51.5 Å². The number of rotatable bonds is 7. The molecule has 0 bridgehead atoms. The average molecular weight is 406 g/mol. The monoisotopic (exact) mass is 405 g/mol. The molecular weight excluding hydrogens is 370 g/mol. The summed E-state index contributed by atoms with van der Waals surface area (Å²) in [7, 11) is 0. The second kappa shape index (κ2) is 10.8. The third-order valence-corrected chi connectivity index (χ3v) is 6.76. The van der Waals surface area contributed by atoms with Gasteiger partial charge >= 0.3 is 0 Å². The molecule has 7 heteroatoms. The molecular formula is C21H35N5OS. The number of aliphatic imine (C=N–C) groups is 1. The molecule has 1 atom stereocenters. The van der Waals surface area contributed by atoms with E-state index in [4.69, 9.17) is 0 Å². The van der Waals surface area contributed by atoms with Gasteiger partial charge in [-0.15, -0.1) is 11.3 Å². The highest BCUT2D eigenvalue weighted by Crippen LogP contribution is 2.23. The van der Waals surface area contributed by atoms with Crippen LogP contribution in [-0.2, 0) is 17.8 Å². The van der Waals surface area contributed by atoms with E-state index in [-0.39, 0.29) is 12.5 Å². The second-order valence-electron chi connectivity index (χ2n) is 7.79. The van der Waals surface area contributed by atoms with Crippen molar-refractivity contribution < 1.29 is 4.79 Å². The van der Waals surface area contributed by atoms with Crippen LogP contribution in [0.5, 0.6) is 0 Å². The van der Waals surface area contributed by atoms with E-state index < -0.39 is 0 Å². The van der Waals surface area contributed by atoms with Crippen molar-refractivity contribution in [2.24, 2.45) is 4.99 Å². The van der Waals surface area contributed by atoms with Crippen LogP contribution in [0.25, 0.3) is 0 Å². The van der Waals surface area contributed by atoms with Crippen LogP contribution in [0.15, 0.2) is 16.4 Å². The van der Waals surface area contributed by atoms with Crippen LogP contribution in [0.2, 0.25) is 0 Å². The molecule has 0 aliphatic carbocycles. The van der Waals surface area contributed by atoms with Crippen LogP contribution in [0.4, 0.5) is 0 Å². The zero-order chi connectivity index (χ0) is 19.8. The Morgan fingerprint density at radius 2 is 2.21 bits per heavy atom. The maximum absolute atomic E-state index is 12.6. The zero-order valence-electron chi connectivity index (χ0n) is 17.4. The van der Waals surface area contributed by atoms with Crippen molar-refractivity contribution in [3.63, 3.8) is 0 Å². The number of fused-ring (bicyclic) bond motifs is 1. The Morgan fingerprint density at radius 3 is 3.04 bits per heavy atom. The predicted molar refractivity (Wildman–Crippen MR) is 117 cm³/mol. The van der Waals surface area contributed by atoms with Crippen LogP contribution in [0, 0.1) is 0 Å². The van der Waals surface area contributed by atoms with Gasteiger partial charge in [0.15, 0.2) is 5.96 Å². The van der Waals surface area contributed by atoms with E-state index >= 15 is 0 Å². The Balaban J connectivity index is 1.41. The molecule has 3 rings (SSSR count). The van der Waals surface area contributed by atoms with Gasteiger partial charge in [0, 0.05) is 43.6 Å². The molecule has 1 aromatic rings. The molecule has 1 fully saturated rings. The number of nitrogens with zero attached hydrogens (tertiary/aromatic N) is 3. The van der Waals surface area contributed by atoms with E-state index in [1.165, 1.54) is 36.2 Å². The topological polar surface area (TPSA) is 60.0 Å². The van der Waals surface area contributed by atoms with Crippen LogP contribution in [-0.4, -0.2) is 67.0 Å². The smallest absolute Gasteiger partial charge is 0.244 e. The number of likely N-dealkylation sites (tertiary alicyclic amines) is 1. The molecule has 156 valence electrons. The largest absolute Gasteiger partial charge is 0.357 e. The first-order valence-corrected chi connectivity index (χ1v) is 11.6. The summed E-state index contributed by atoms with van der Waals surface area (Å²) in [6.45, 7) is 10.2. The number of hydrogen-bond donors (Lipinski definition) is 2. The molecule has 6 nitrogen and oxygen atoms in total. The van der Waals surface area contributed by atoms with Gasteiger partial charge in [0.2, 0.25) is 5.91 Å². The van der Waals surface area contributed by atoms with Crippen molar-refractivity contribution in [1.29, 1.82) is 0 Å². The van der Waals surface area contributed by atoms with Crippen LogP contribution in [0.3, 0.4) is 0 Å². The summed E-state index contributed by atoms with van der Waals surface area (Å²) in [5, 5.41) is 8.76. The second-order valence-corrected chi connectivity index (χ2v) is 8.79. The molecule has 0 radical (unpaired) electrons. The van der Waals surface area contributed by atoms with E-state index in [2.05, 4.69) is 45.8 Å². The lowest BCUT2D eigenvalue weighted by Gasteiger charge is -2.33. The van der Waals surface area contributed by atoms with Crippen molar-refractivity contribution in [3.05, 3.63) is 21.9 Å². The number of hydrogen-bond acceptors (Lipinski definition) is 4. The van der Waals surface area contributed by atoms with E-state index in [9.17, 15) is 4.79 Å². The summed E-state index contributed by atoms with van der Waals surface area (Å²) in [6, 6.07) is 2.85. The Bertz CT molecular complexity index is 659. The molecule has 1 aromatic heterocycles. The van der Waals surface area contributed by atoms with Gasteiger partial charge in [-0.2, -0.15) is 0 Å². The van der Waals surface area contributed by atoms with Gasteiger partial charge in [-0.3, -0.25) is 4.79 Å². The first-order valence-electron chi connectivity index (χ1n) is 10.8. The summed E-state index contributed by atoms with van der Waals surface area (Å²) in [5.41, 5.74) is 1.30. The Hall–Kier alpha value is -1.60. The molecule has 1 saturated heterocycles. The first-order chi connectivity index (χ1) is 13.7. The maximum atomic E-state index is 12.6. The predicted octanol–water partition coefficient (Wildman–Crippen LogP) is 2.45. The zero-order valence-corrected chi connectivity index (χ0v) is 18.2. The minimum Gasteiger partial charge on any atom is -0.357 e. The molecule has 1 unspecified atom stereocenters. The SMILES string of the molecule is CCNC(=NCC(=O)N1CCc2sccc2C1)NCCCN1CCCCC1C. The number of nitrogens with one attached hydrogen (secondary N) is 2. The summed E-state index contributed by atoms with van der Waals surface area (Å²) in [6.07, 6.45) is 6.08. The minimum absolute atomic E-state index is 0.108. The Labute approximate surface area is 173 Å². The molecule has 2 aliphatic rings. The van der Waals surface area contributed by atoms with Gasteiger partial charge in [-0.1, -0.05) is 6.42 Å². The summed E-state index contributed by atoms with van der Waals surface area (Å²) >= 11 is 1.80. The van der Waals surface area contributed by atoms with Crippen LogP contribution in [0.1, 0.15) is 50.0 Å². The molecule has 2 aliphatic heterocycles. The van der Waals surface area contributed by atoms with E-state index in [1.807, 2.05) is 4.90 Å². The fourth-order valence-electron chi connectivity index (χ4n) is 4.03. The summed E-state index contributed by atoms with van der Waals surface area (Å²) in [4.78, 5) is 23.0. The lowest BCUT2D eigenvalue weighted by atomic mass is 10.0. The van der Waals surface area contributed by atoms with Crippen LogP contribution >= 0.6 is 11.3 Å².